The third-order valence-electron chi connectivity index (χ3n) is 8.93. The van der Waals surface area contributed by atoms with Gasteiger partial charge in [0.05, 0.1) is 28.2 Å². The van der Waals surface area contributed by atoms with E-state index in [1.165, 1.54) is 24.4 Å². The topological polar surface area (TPSA) is 195 Å². The Bertz CT molecular complexity index is 1900. The molecule has 14 nitrogen and oxygen atoms in total. The van der Waals surface area contributed by atoms with Crippen molar-refractivity contribution in [3.63, 3.8) is 0 Å². The Morgan fingerprint density at radius 2 is 1.23 bits per heavy atom. The molecule has 53 heavy (non-hydrogen) atoms. The first-order valence-corrected chi connectivity index (χ1v) is 18.1. The summed E-state index contributed by atoms with van der Waals surface area (Å²) in [7, 11) is 0. The Morgan fingerprint density at radius 1 is 0.717 bits per heavy atom. The van der Waals surface area contributed by atoms with Gasteiger partial charge in [-0.1, -0.05) is 35.9 Å². The SMILES string of the molecule is NC1=N[C@@H](CCc2ccc(NC(=O)c3cnc(N4CCCCC4)nc3)cc2)CO1.NC1=N[C@@H](CCc2ccc(NC(=O)c3cncc(Cl)c3)cc2)CO1. The number of aliphatic imine (C=N–C) groups is 2. The van der Waals surface area contributed by atoms with Crippen LogP contribution < -0.4 is 27.0 Å². The second-order valence-electron chi connectivity index (χ2n) is 13.0. The van der Waals surface area contributed by atoms with Gasteiger partial charge in [-0.3, -0.25) is 14.6 Å². The van der Waals surface area contributed by atoms with E-state index in [2.05, 4.69) is 40.5 Å². The lowest BCUT2D eigenvalue weighted by molar-refractivity contribution is 0.101. The van der Waals surface area contributed by atoms with E-state index >= 15 is 0 Å². The number of aromatic nitrogens is 3. The van der Waals surface area contributed by atoms with Crippen LogP contribution in [0.3, 0.4) is 0 Å². The van der Waals surface area contributed by atoms with Gasteiger partial charge < -0.3 is 36.5 Å². The van der Waals surface area contributed by atoms with Crippen LogP contribution in [0.1, 0.15) is 63.9 Å². The van der Waals surface area contributed by atoms with E-state index in [0.717, 1.165) is 68.6 Å². The number of hydrogen-bond donors (Lipinski definition) is 4. The summed E-state index contributed by atoms with van der Waals surface area (Å²) in [5.74, 6) is 0.242. The molecule has 2 aromatic carbocycles. The first kappa shape index (κ1) is 37.0. The number of amidine groups is 2. The monoisotopic (exact) mass is 738 g/mol. The zero-order valence-electron chi connectivity index (χ0n) is 29.3. The van der Waals surface area contributed by atoms with E-state index in [-0.39, 0.29) is 35.9 Å². The fourth-order valence-electron chi connectivity index (χ4n) is 5.98. The molecular formula is C38H43ClN10O4. The number of anilines is 3. The van der Waals surface area contributed by atoms with Gasteiger partial charge in [0.2, 0.25) is 5.95 Å². The van der Waals surface area contributed by atoms with Crippen LogP contribution in [-0.2, 0) is 22.3 Å². The molecule has 0 spiro atoms. The summed E-state index contributed by atoms with van der Waals surface area (Å²) in [5.41, 5.74) is 15.7. The number of aryl methyl sites for hydroxylation is 2. The van der Waals surface area contributed by atoms with Crippen LogP contribution in [0.4, 0.5) is 17.3 Å². The van der Waals surface area contributed by atoms with Gasteiger partial charge in [-0.15, -0.1) is 0 Å². The summed E-state index contributed by atoms with van der Waals surface area (Å²) in [4.78, 5) is 47.8. The Hall–Kier alpha value is -5.76. The number of pyridine rings is 1. The molecule has 2 atom stereocenters. The standard InChI is InChI=1S/C21H26N6O2.C17H17ClN4O2/c22-20-26-18(14-29-20)9-6-15-4-7-17(8-5-15)25-19(28)16-12-23-21(24-13-16)27-10-2-1-3-11-27;18-13-7-12(8-20-9-13)16(23)21-14-4-1-11(2-5-14)3-6-15-10-24-17(19)22-15/h4-5,7-8,12-13,18H,1-3,6,9-11,14H2,(H2,22,26)(H,25,28);1-2,4-5,7-9,15H,3,6,10H2,(H2,19,22)(H,21,23)/t18-;15-/m00/s1. The average Bonchev–Trinajstić information content (AvgIpc) is 3.81. The molecule has 2 amide bonds. The second kappa shape index (κ2) is 18.1. The normalized spacial score (nSPS) is 17.7. The third-order valence-corrected chi connectivity index (χ3v) is 9.14. The van der Waals surface area contributed by atoms with Crippen LogP contribution in [0.2, 0.25) is 5.02 Å². The van der Waals surface area contributed by atoms with E-state index in [0.29, 0.717) is 35.3 Å². The highest BCUT2D eigenvalue weighted by molar-refractivity contribution is 6.30. The second-order valence-corrected chi connectivity index (χ2v) is 13.4. The maximum Gasteiger partial charge on any atom is 0.282 e. The van der Waals surface area contributed by atoms with Crippen molar-refractivity contribution in [2.24, 2.45) is 21.5 Å². The number of nitrogens with zero attached hydrogens (tertiary/aromatic N) is 6. The molecule has 15 heteroatoms. The smallest absolute Gasteiger partial charge is 0.282 e. The molecule has 1 fully saturated rings. The number of nitrogens with two attached hydrogens (primary N) is 2. The molecule has 0 bridgehead atoms. The first-order valence-electron chi connectivity index (χ1n) is 17.7. The number of nitrogens with one attached hydrogen (secondary N) is 2. The average molecular weight is 739 g/mol. The van der Waals surface area contributed by atoms with Crippen LogP contribution >= 0.6 is 11.6 Å². The number of rotatable bonds is 11. The van der Waals surface area contributed by atoms with Crippen molar-refractivity contribution in [1.29, 1.82) is 0 Å². The Balaban J connectivity index is 0.000000185. The van der Waals surface area contributed by atoms with Crippen LogP contribution in [0.25, 0.3) is 0 Å². The molecule has 276 valence electrons. The number of piperidine rings is 1. The molecule has 4 aromatic rings. The largest absolute Gasteiger partial charge is 0.463 e. The van der Waals surface area contributed by atoms with E-state index in [4.69, 9.17) is 32.5 Å². The van der Waals surface area contributed by atoms with E-state index in [1.54, 1.807) is 18.5 Å². The van der Waals surface area contributed by atoms with Gasteiger partial charge >= 0.3 is 0 Å². The van der Waals surface area contributed by atoms with Crippen molar-refractivity contribution >= 4 is 52.8 Å². The van der Waals surface area contributed by atoms with Crippen LogP contribution in [-0.4, -0.2) is 77.2 Å². The Labute approximate surface area is 313 Å². The number of amides is 2. The number of hydrogen-bond acceptors (Lipinski definition) is 12. The molecule has 7 rings (SSSR count). The fraction of sp³-hybridized carbons (Fsp3) is 0.342. The third kappa shape index (κ3) is 11.1. The van der Waals surface area contributed by atoms with Crippen molar-refractivity contribution < 1.29 is 19.1 Å². The summed E-state index contributed by atoms with van der Waals surface area (Å²) in [6.07, 6.45) is 13.2. The molecule has 2 aromatic heterocycles. The van der Waals surface area contributed by atoms with Gasteiger partial charge in [0.15, 0.2) is 0 Å². The Kier molecular flexibility index (Phi) is 12.7. The minimum absolute atomic E-state index is 0.125. The molecule has 1 saturated heterocycles. The van der Waals surface area contributed by atoms with E-state index in [1.807, 2.05) is 48.5 Å². The Morgan fingerprint density at radius 3 is 1.70 bits per heavy atom. The van der Waals surface area contributed by atoms with E-state index in [9.17, 15) is 9.59 Å². The highest BCUT2D eigenvalue weighted by Crippen LogP contribution is 2.19. The fourth-order valence-corrected chi connectivity index (χ4v) is 6.16. The minimum atomic E-state index is -0.245. The molecule has 0 aliphatic carbocycles. The molecule has 3 aliphatic heterocycles. The summed E-state index contributed by atoms with van der Waals surface area (Å²) in [5, 5.41) is 6.14. The van der Waals surface area contributed by atoms with Gasteiger partial charge in [-0.2, -0.15) is 0 Å². The quantitative estimate of drug-likeness (QED) is 0.163. The molecule has 5 heterocycles. The highest BCUT2D eigenvalue weighted by atomic mass is 35.5. The van der Waals surface area contributed by atoms with Gasteiger partial charge in [-0.25, -0.2) is 20.0 Å². The summed E-state index contributed by atoms with van der Waals surface area (Å²) in [6.45, 7) is 3.06. The van der Waals surface area contributed by atoms with Gasteiger partial charge in [-0.05, 0) is 86.4 Å². The lowest BCUT2D eigenvalue weighted by atomic mass is 10.1. The first-order chi connectivity index (χ1) is 25.8. The number of carbonyl (C=O) groups excluding carboxylic acids is 2. The van der Waals surface area contributed by atoms with E-state index < -0.39 is 0 Å². The number of halogens is 1. The van der Waals surface area contributed by atoms with Crippen molar-refractivity contribution in [2.45, 2.75) is 57.0 Å². The van der Waals surface area contributed by atoms with Crippen LogP contribution in [0, 0.1) is 0 Å². The van der Waals surface area contributed by atoms with Crippen LogP contribution in [0.15, 0.2) is 89.4 Å². The van der Waals surface area contributed by atoms with Crippen molar-refractivity contribution in [3.8, 4) is 0 Å². The maximum atomic E-state index is 12.5. The highest BCUT2D eigenvalue weighted by Gasteiger charge is 2.18. The summed E-state index contributed by atoms with van der Waals surface area (Å²) in [6, 6.07) is 17.9. The molecule has 0 unspecified atom stereocenters. The number of carbonyl (C=O) groups is 2. The van der Waals surface area contributed by atoms with Gasteiger partial charge in [0, 0.05) is 49.3 Å². The minimum Gasteiger partial charge on any atom is -0.463 e. The number of benzene rings is 2. The van der Waals surface area contributed by atoms with Crippen molar-refractivity contribution in [2.75, 3.05) is 41.8 Å². The summed E-state index contributed by atoms with van der Waals surface area (Å²) >= 11 is 5.84. The predicted molar refractivity (Wildman–Crippen MR) is 206 cm³/mol. The molecule has 0 saturated carbocycles. The molecule has 3 aliphatic rings. The van der Waals surface area contributed by atoms with Gasteiger partial charge in [0.1, 0.15) is 13.2 Å². The van der Waals surface area contributed by atoms with Crippen molar-refractivity contribution in [1.82, 2.24) is 15.0 Å². The van der Waals surface area contributed by atoms with Gasteiger partial charge in [0.25, 0.3) is 23.9 Å². The van der Waals surface area contributed by atoms with Crippen LogP contribution in [0.5, 0.6) is 0 Å². The maximum absolute atomic E-state index is 12.5. The lowest BCUT2D eigenvalue weighted by Gasteiger charge is -2.26. The zero-order chi connectivity index (χ0) is 37.0. The molecule has 0 radical (unpaired) electrons. The predicted octanol–water partition coefficient (Wildman–Crippen LogP) is 5.00. The lowest BCUT2D eigenvalue weighted by Crippen LogP contribution is -2.31. The summed E-state index contributed by atoms with van der Waals surface area (Å²) < 4.78 is 10.3. The molecular weight excluding hydrogens is 696 g/mol. The van der Waals surface area contributed by atoms with Crippen molar-refractivity contribution in [3.05, 3.63) is 107 Å². The zero-order valence-corrected chi connectivity index (χ0v) is 30.0. The number of ether oxygens (including phenoxy) is 2. The molecule has 6 N–H and O–H groups in total.